The highest BCUT2D eigenvalue weighted by Gasteiger charge is 2.11. The van der Waals surface area contributed by atoms with Gasteiger partial charge in [0.1, 0.15) is 5.82 Å². The van der Waals surface area contributed by atoms with Gasteiger partial charge in [-0.25, -0.2) is 4.39 Å². The van der Waals surface area contributed by atoms with Gasteiger partial charge < -0.3 is 15.4 Å². The molecule has 0 aliphatic rings. The lowest BCUT2D eigenvalue weighted by Crippen LogP contribution is -1.94. The lowest BCUT2D eigenvalue weighted by atomic mass is 10.2. The zero-order valence-electron chi connectivity index (χ0n) is 8.35. The molecule has 5 nitrogen and oxygen atoms in total. The third kappa shape index (κ3) is 2.01. The summed E-state index contributed by atoms with van der Waals surface area (Å²) in [5, 5.41) is 12.3. The molecule has 3 N–H and O–H groups in total. The molecule has 0 atom stereocenters. The minimum absolute atomic E-state index is 0.0577. The summed E-state index contributed by atoms with van der Waals surface area (Å²) in [6.45, 7) is -0.0577. The number of hydrogen-bond acceptors (Lipinski definition) is 5. The second kappa shape index (κ2) is 4.28. The van der Waals surface area contributed by atoms with Crippen LogP contribution in [0.25, 0.3) is 11.5 Å². The molecule has 0 fully saturated rings. The predicted octanol–water partition coefficient (Wildman–Crippen LogP) is 0.993. The van der Waals surface area contributed by atoms with E-state index in [-0.39, 0.29) is 18.2 Å². The number of nitrogens with zero attached hydrogens (tertiary/aromatic N) is 2. The first-order valence-corrected chi connectivity index (χ1v) is 4.69. The van der Waals surface area contributed by atoms with E-state index in [1.807, 2.05) is 0 Å². The SMILES string of the molecule is Nc1cc(F)ccc1-c1nc(CCO)no1. The van der Waals surface area contributed by atoms with Gasteiger partial charge in [-0.2, -0.15) is 4.98 Å². The molecular weight excluding hydrogens is 213 g/mol. The van der Waals surface area contributed by atoms with Crippen molar-refractivity contribution in [3.05, 3.63) is 29.8 Å². The number of aliphatic hydroxyl groups excluding tert-OH is 1. The summed E-state index contributed by atoms with van der Waals surface area (Å²) in [6.07, 6.45) is 0.310. The Balaban J connectivity index is 2.35. The van der Waals surface area contributed by atoms with Gasteiger partial charge in [-0.3, -0.25) is 0 Å². The van der Waals surface area contributed by atoms with Gasteiger partial charge in [0.05, 0.1) is 12.2 Å². The maximum absolute atomic E-state index is 12.8. The summed E-state index contributed by atoms with van der Waals surface area (Å²) in [4.78, 5) is 4.02. The number of nitrogen functional groups attached to an aromatic ring is 1. The summed E-state index contributed by atoms with van der Waals surface area (Å²) < 4.78 is 17.8. The largest absolute Gasteiger partial charge is 0.398 e. The van der Waals surface area contributed by atoms with Crippen LogP contribution in [-0.4, -0.2) is 21.9 Å². The molecule has 6 heteroatoms. The van der Waals surface area contributed by atoms with E-state index in [4.69, 9.17) is 15.4 Å². The number of hydrogen-bond donors (Lipinski definition) is 2. The van der Waals surface area contributed by atoms with Crippen LogP contribution < -0.4 is 5.73 Å². The summed E-state index contributed by atoms with van der Waals surface area (Å²) in [5.41, 5.74) is 6.34. The fourth-order valence-corrected chi connectivity index (χ4v) is 1.29. The molecule has 16 heavy (non-hydrogen) atoms. The van der Waals surface area contributed by atoms with E-state index >= 15 is 0 Å². The maximum Gasteiger partial charge on any atom is 0.260 e. The third-order valence-electron chi connectivity index (χ3n) is 2.05. The van der Waals surface area contributed by atoms with E-state index in [9.17, 15) is 4.39 Å². The topological polar surface area (TPSA) is 85.2 Å². The van der Waals surface area contributed by atoms with Crippen molar-refractivity contribution in [1.82, 2.24) is 10.1 Å². The van der Waals surface area contributed by atoms with Gasteiger partial charge in [0.25, 0.3) is 5.89 Å². The maximum atomic E-state index is 12.8. The van der Waals surface area contributed by atoms with Crippen molar-refractivity contribution >= 4 is 5.69 Å². The molecule has 0 radical (unpaired) electrons. The fraction of sp³-hybridized carbons (Fsp3) is 0.200. The van der Waals surface area contributed by atoms with Crippen molar-refractivity contribution in [1.29, 1.82) is 0 Å². The standard InChI is InChI=1S/C10H10FN3O2/c11-6-1-2-7(8(12)5-6)10-13-9(3-4-15)14-16-10/h1-2,5,15H,3-4,12H2. The van der Waals surface area contributed by atoms with E-state index in [0.717, 1.165) is 0 Å². The van der Waals surface area contributed by atoms with E-state index in [1.54, 1.807) is 0 Å². The summed E-state index contributed by atoms with van der Waals surface area (Å²) in [6, 6.07) is 3.92. The normalized spacial score (nSPS) is 10.6. The average Bonchev–Trinajstić information content (AvgIpc) is 2.67. The van der Waals surface area contributed by atoms with Crippen LogP contribution in [0, 0.1) is 5.82 Å². The van der Waals surface area contributed by atoms with Gasteiger partial charge in [0.15, 0.2) is 5.82 Å². The van der Waals surface area contributed by atoms with Crippen LogP contribution in [0.4, 0.5) is 10.1 Å². The highest BCUT2D eigenvalue weighted by molar-refractivity contribution is 5.70. The number of halogens is 1. The molecule has 0 amide bonds. The highest BCUT2D eigenvalue weighted by atomic mass is 19.1. The van der Waals surface area contributed by atoms with Crippen LogP contribution in [0.3, 0.4) is 0 Å². The Morgan fingerprint density at radius 2 is 2.25 bits per heavy atom. The predicted molar refractivity (Wildman–Crippen MR) is 54.9 cm³/mol. The molecule has 0 unspecified atom stereocenters. The van der Waals surface area contributed by atoms with Crippen molar-refractivity contribution in [3.63, 3.8) is 0 Å². The van der Waals surface area contributed by atoms with Gasteiger partial charge in [-0.05, 0) is 18.2 Å². The molecule has 1 aromatic carbocycles. The Labute approximate surface area is 90.7 Å². The lowest BCUT2D eigenvalue weighted by molar-refractivity contribution is 0.293. The van der Waals surface area contributed by atoms with E-state index in [2.05, 4.69) is 10.1 Å². The molecule has 0 saturated heterocycles. The lowest BCUT2D eigenvalue weighted by Gasteiger charge is -1.99. The fourth-order valence-electron chi connectivity index (χ4n) is 1.29. The Morgan fingerprint density at radius 3 is 2.94 bits per heavy atom. The van der Waals surface area contributed by atoms with Crippen LogP contribution >= 0.6 is 0 Å². The van der Waals surface area contributed by atoms with Crippen molar-refractivity contribution in [2.24, 2.45) is 0 Å². The zero-order valence-corrected chi connectivity index (χ0v) is 8.35. The Morgan fingerprint density at radius 1 is 1.44 bits per heavy atom. The first-order chi connectivity index (χ1) is 7.70. The van der Waals surface area contributed by atoms with Gasteiger partial charge in [-0.15, -0.1) is 0 Å². The van der Waals surface area contributed by atoms with Crippen LogP contribution in [0.2, 0.25) is 0 Å². The minimum Gasteiger partial charge on any atom is -0.398 e. The zero-order chi connectivity index (χ0) is 11.5. The highest BCUT2D eigenvalue weighted by Crippen LogP contribution is 2.24. The molecule has 2 rings (SSSR count). The van der Waals surface area contributed by atoms with Crippen molar-refractivity contribution in [2.45, 2.75) is 6.42 Å². The number of nitrogens with two attached hydrogens (primary N) is 1. The molecule has 0 aliphatic carbocycles. The van der Waals surface area contributed by atoms with Gasteiger partial charge in [0, 0.05) is 12.1 Å². The average molecular weight is 223 g/mol. The number of benzene rings is 1. The summed E-state index contributed by atoms with van der Waals surface area (Å²) in [5.74, 6) is 0.193. The van der Waals surface area contributed by atoms with Crippen molar-refractivity contribution < 1.29 is 14.0 Å². The molecule has 0 saturated carbocycles. The molecule has 0 bridgehead atoms. The Kier molecular flexibility index (Phi) is 2.82. The molecule has 0 aliphatic heterocycles. The first kappa shape index (κ1) is 10.6. The molecule has 0 spiro atoms. The van der Waals surface area contributed by atoms with Crippen molar-refractivity contribution in [2.75, 3.05) is 12.3 Å². The Hall–Kier alpha value is -1.95. The van der Waals surface area contributed by atoms with Gasteiger partial charge in [-0.1, -0.05) is 5.16 Å². The monoisotopic (exact) mass is 223 g/mol. The number of rotatable bonds is 3. The third-order valence-corrected chi connectivity index (χ3v) is 2.05. The molecule has 1 heterocycles. The molecule has 1 aromatic heterocycles. The molecule has 84 valence electrons. The number of aromatic nitrogens is 2. The van der Waals surface area contributed by atoms with Crippen LogP contribution in [0.5, 0.6) is 0 Å². The van der Waals surface area contributed by atoms with Gasteiger partial charge in [0.2, 0.25) is 0 Å². The number of aliphatic hydroxyl groups is 1. The second-order valence-electron chi connectivity index (χ2n) is 3.22. The van der Waals surface area contributed by atoms with Crippen LogP contribution in [0.1, 0.15) is 5.82 Å². The number of anilines is 1. The second-order valence-corrected chi connectivity index (χ2v) is 3.22. The van der Waals surface area contributed by atoms with Gasteiger partial charge >= 0.3 is 0 Å². The Bertz CT molecular complexity index is 499. The quantitative estimate of drug-likeness (QED) is 0.758. The summed E-state index contributed by atoms with van der Waals surface area (Å²) in [7, 11) is 0. The van der Waals surface area contributed by atoms with E-state index in [0.29, 0.717) is 17.8 Å². The first-order valence-electron chi connectivity index (χ1n) is 4.69. The smallest absolute Gasteiger partial charge is 0.260 e. The summed E-state index contributed by atoms with van der Waals surface area (Å²) >= 11 is 0. The van der Waals surface area contributed by atoms with Crippen LogP contribution in [0.15, 0.2) is 22.7 Å². The van der Waals surface area contributed by atoms with E-state index < -0.39 is 5.82 Å². The van der Waals surface area contributed by atoms with Crippen molar-refractivity contribution in [3.8, 4) is 11.5 Å². The minimum atomic E-state index is -0.420. The van der Waals surface area contributed by atoms with Crippen LogP contribution in [-0.2, 0) is 6.42 Å². The molecule has 2 aromatic rings. The molecular formula is C10H10FN3O2. The van der Waals surface area contributed by atoms with E-state index in [1.165, 1.54) is 18.2 Å².